The fourth-order valence-electron chi connectivity index (χ4n) is 1.03. The maximum atomic E-state index is 9.09. The van der Waals surface area contributed by atoms with Gasteiger partial charge in [-0.15, -0.1) is 0 Å². The lowest BCUT2D eigenvalue weighted by atomic mass is 10.0. The van der Waals surface area contributed by atoms with E-state index in [9.17, 15) is 0 Å². The third kappa shape index (κ3) is 1.52. The molecule has 0 aromatic heterocycles. The summed E-state index contributed by atoms with van der Waals surface area (Å²) in [7, 11) is 0. The Morgan fingerprint density at radius 2 is 1.45 bits per heavy atom. The second kappa shape index (κ2) is 3.04. The molecule has 5 nitrogen and oxygen atoms in total. The first-order valence-electron chi connectivity index (χ1n) is 3.41. The number of hydrogen-bond donors (Lipinski definition) is 4. The number of rotatable bonds is 0. The predicted octanol–water partition coefficient (Wildman–Crippen LogP) is -2.19. The summed E-state index contributed by atoms with van der Waals surface area (Å²) in [4.78, 5) is 0. The highest BCUT2D eigenvalue weighted by Gasteiger charge is 2.40. The number of ether oxygens (including phenoxy) is 1. The van der Waals surface area contributed by atoms with Gasteiger partial charge in [0.15, 0.2) is 6.29 Å². The van der Waals surface area contributed by atoms with Gasteiger partial charge in [0.1, 0.15) is 18.3 Å². The van der Waals surface area contributed by atoms with Crippen molar-refractivity contribution in [2.24, 2.45) is 0 Å². The van der Waals surface area contributed by atoms with Gasteiger partial charge in [-0.2, -0.15) is 0 Å². The first-order chi connectivity index (χ1) is 5.04. The fourth-order valence-corrected chi connectivity index (χ4v) is 1.03. The van der Waals surface area contributed by atoms with Gasteiger partial charge < -0.3 is 25.2 Å². The van der Waals surface area contributed by atoms with Gasteiger partial charge in [0, 0.05) is 0 Å². The minimum Gasteiger partial charge on any atom is -0.388 e. The summed E-state index contributed by atoms with van der Waals surface area (Å²) < 4.78 is 4.68. The Labute approximate surface area is 63.8 Å². The molecule has 66 valence electrons. The fraction of sp³-hybridized carbons (Fsp3) is 1.00. The van der Waals surface area contributed by atoms with E-state index in [1.165, 1.54) is 6.92 Å². The lowest BCUT2D eigenvalue weighted by Crippen LogP contribution is -2.56. The SMILES string of the molecule is CC1O[C@H](O)C(O)[C@H](O)[C@@H]1O. The van der Waals surface area contributed by atoms with Gasteiger partial charge in [0.05, 0.1) is 6.10 Å². The molecular formula is C6H12O5. The highest BCUT2D eigenvalue weighted by molar-refractivity contribution is 4.86. The molecule has 0 aromatic carbocycles. The normalized spacial score (nSPS) is 52.6. The molecule has 5 atom stereocenters. The van der Waals surface area contributed by atoms with E-state index in [2.05, 4.69) is 4.74 Å². The minimum absolute atomic E-state index is 0.664. The number of hydrogen-bond acceptors (Lipinski definition) is 5. The molecule has 1 aliphatic heterocycles. The van der Waals surface area contributed by atoms with Gasteiger partial charge in [-0.3, -0.25) is 0 Å². The van der Waals surface area contributed by atoms with Crippen LogP contribution in [0.5, 0.6) is 0 Å². The maximum Gasteiger partial charge on any atom is 0.183 e. The van der Waals surface area contributed by atoms with E-state index in [4.69, 9.17) is 20.4 Å². The molecule has 2 unspecified atom stereocenters. The van der Waals surface area contributed by atoms with Crippen LogP contribution in [0.15, 0.2) is 0 Å². The van der Waals surface area contributed by atoms with Crippen LogP contribution in [0.2, 0.25) is 0 Å². The van der Waals surface area contributed by atoms with Crippen molar-refractivity contribution >= 4 is 0 Å². The first kappa shape index (κ1) is 8.89. The molecule has 0 radical (unpaired) electrons. The van der Waals surface area contributed by atoms with Gasteiger partial charge >= 0.3 is 0 Å². The second-order valence-corrected chi connectivity index (χ2v) is 2.70. The summed E-state index contributed by atoms with van der Waals surface area (Å²) >= 11 is 0. The summed E-state index contributed by atoms with van der Waals surface area (Å²) in [5.74, 6) is 0. The zero-order chi connectivity index (χ0) is 8.59. The number of aliphatic hydroxyl groups is 4. The smallest absolute Gasteiger partial charge is 0.183 e. The predicted molar refractivity (Wildman–Crippen MR) is 34.6 cm³/mol. The molecule has 1 saturated heterocycles. The molecule has 0 bridgehead atoms. The molecule has 0 amide bonds. The van der Waals surface area contributed by atoms with E-state index in [1.54, 1.807) is 0 Å². The lowest BCUT2D eigenvalue weighted by molar-refractivity contribution is -0.277. The Kier molecular flexibility index (Phi) is 2.46. The largest absolute Gasteiger partial charge is 0.388 e. The topological polar surface area (TPSA) is 90.2 Å². The molecule has 1 fully saturated rings. The molecule has 1 rings (SSSR count). The molecule has 0 aromatic rings. The molecular weight excluding hydrogens is 152 g/mol. The van der Waals surface area contributed by atoms with Crippen molar-refractivity contribution in [2.45, 2.75) is 37.6 Å². The highest BCUT2D eigenvalue weighted by atomic mass is 16.6. The quantitative estimate of drug-likeness (QED) is 0.326. The Morgan fingerprint density at radius 1 is 0.909 bits per heavy atom. The van der Waals surface area contributed by atoms with Gasteiger partial charge in [0.2, 0.25) is 0 Å². The van der Waals surface area contributed by atoms with Crippen LogP contribution in [0, 0.1) is 0 Å². The van der Waals surface area contributed by atoms with E-state index in [0.717, 1.165) is 0 Å². The molecule has 5 heteroatoms. The Balaban J connectivity index is 2.63. The molecule has 11 heavy (non-hydrogen) atoms. The van der Waals surface area contributed by atoms with E-state index in [-0.39, 0.29) is 0 Å². The highest BCUT2D eigenvalue weighted by Crippen LogP contribution is 2.18. The Bertz CT molecular complexity index is 125. The lowest BCUT2D eigenvalue weighted by Gasteiger charge is -2.36. The van der Waals surface area contributed by atoms with Crippen LogP contribution in [0.25, 0.3) is 0 Å². The third-order valence-electron chi connectivity index (χ3n) is 1.83. The van der Waals surface area contributed by atoms with Crippen LogP contribution in [0.3, 0.4) is 0 Å². The maximum absolute atomic E-state index is 9.09. The summed E-state index contributed by atoms with van der Waals surface area (Å²) in [6.45, 7) is 1.50. The van der Waals surface area contributed by atoms with Crippen LogP contribution in [0.4, 0.5) is 0 Å². The van der Waals surface area contributed by atoms with Crippen molar-refractivity contribution in [3.8, 4) is 0 Å². The van der Waals surface area contributed by atoms with Crippen LogP contribution in [0.1, 0.15) is 6.92 Å². The van der Waals surface area contributed by atoms with Crippen LogP contribution in [-0.4, -0.2) is 51.1 Å². The van der Waals surface area contributed by atoms with Crippen molar-refractivity contribution in [3.05, 3.63) is 0 Å². The van der Waals surface area contributed by atoms with E-state index in [0.29, 0.717) is 0 Å². The summed E-state index contributed by atoms with van der Waals surface area (Å²) in [5.41, 5.74) is 0. The summed E-state index contributed by atoms with van der Waals surface area (Å²) in [6.07, 6.45) is -5.99. The van der Waals surface area contributed by atoms with Gasteiger partial charge in [-0.25, -0.2) is 0 Å². The minimum atomic E-state index is -1.43. The van der Waals surface area contributed by atoms with Gasteiger partial charge in [-0.1, -0.05) is 0 Å². The molecule has 1 aliphatic rings. The van der Waals surface area contributed by atoms with E-state index >= 15 is 0 Å². The summed E-state index contributed by atoms with van der Waals surface area (Å²) in [5, 5.41) is 36.0. The van der Waals surface area contributed by atoms with Crippen LogP contribution >= 0.6 is 0 Å². The van der Waals surface area contributed by atoms with Crippen molar-refractivity contribution in [1.29, 1.82) is 0 Å². The van der Waals surface area contributed by atoms with Crippen molar-refractivity contribution in [2.75, 3.05) is 0 Å². The van der Waals surface area contributed by atoms with Crippen LogP contribution < -0.4 is 0 Å². The van der Waals surface area contributed by atoms with Crippen LogP contribution in [-0.2, 0) is 4.74 Å². The van der Waals surface area contributed by atoms with Gasteiger partial charge in [-0.05, 0) is 6.92 Å². The molecule has 1 heterocycles. The van der Waals surface area contributed by atoms with Crippen molar-refractivity contribution < 1.29 is 25.2 Å². The Hall–Kier alpha value is -0.200. The molecule has 4 N–H and O–H groups in total. The van der Waals surface area contributed by atoms with Crippen molar-refractivity contribution in [1.82, 2.24) is 0 Å². The third-order valence-corrected chi connectivity index (χ3v) is 1.83. The zero-order valence-corrected chi connectivity index (χ0v) is 6.08. The first-order valence-corrected chi connectivity index (χ1v) is 3.41. The molecule has 0 spiro atoms. The molecule has 0 aliphatic carbocycles. The summed E-state index contributed by atoms with van der Waals surface area (Å²) in [6, 6.07) is 0. The number of aliphatic hydroxyl groups excluding tert-OH is 4. The zero-order valence-electron chi connectivity index (χ0n) is 6.08. The average molecular weight is 164 g/mol. The monoisotopic (exact) mass is 164 g/mol. The standard InChI is InChI=1S/C6H12O5/c1-2-3(7)4(8)5(9)6(10)11-2/h2-10H,1H3/t2?,3-,4-,5?,6+/m1/s1. The second-order valence-electron chi connectivity index (χ2n) is 2.70. The molecule has 0 saturated carbocycles. The van der Waals surface area contributed by atoms with E-state index < -0.39 is 30.7 Å². The van der Waals surface area contributed by atoms with E-state index in [1.807, 2.05) is 0 Å². The van der Waals surface area contributed by atoms with Crippen molar-refractivity contribution in [3.63, 3.8) is 0 Å². The Morgan fingerprint density at radius 3 is 2.00 bits per heavy atom. The average Bonchev–Trinajstić information content (AvgIpc) is 1.97. The van der Waals surface area contributed by atoms with Gasteiger partial charge in [0.25, 0.3) is 0 Å².